The Hall–Kier alpha value is -1.90. The van der Waals surface area contributed by atoms with Gasteiger partial charge in [-0.15, -0.1) is 0 Å². The van der Waals surface area contributed by atoms with Crippen molar-refractivity contribution in [1.82, 2.24) is 9.97 Å². The molecule has 3 nitrogen and oxygen atoms in total. The van der Waals surface area contributed by atoms with Gasteiger partial charge in [-0.3, -0.25) is 0 Å². The van der Waals surface area contributed by atoms with Crippen LogP contribution in [0.3, 0.4) is 0 Å². The zero-order valence-corrected chi connectivity index (χ0v) is 8.74. The smallest absolute Gasteiger partial charge is 0.305 e. The highest BCUT2D eigenvalue weighted by Gasteiger charge is 2.05. The fourth-order valence-corrected chi connectivity index (χ4v) is 1.59. The molecule has 0 bridgehead atoms. The molecule has 0 saturated heterocycles. The van der Waals surface area contributed by atoms with E-state index in [-0.39, 0.29) is 5.69 Å². The van der Waals surface area contributed by atoms with Crippen molar-refractivity contribution in [1.29, 1.82) is 0 Å². The van der Waals surface area contributed by atoms with Gasteiger partial charge in [-0.1, -0.05) is 24.3 Å². The first kappa shape index (κ1) is 9.65. The van der Waals surface area contributed by atoms with Gasteiger partial charge in [-0.2, -0.15) is 0 Å². The Morgan fingerprint density at radius 2 is 1.87 bits per heavy atom. The molecule has 0 spiro atoms. The van der Waals surface area contributed by atoms with Gasteiger partial charge in [0.05, 0.1) is 5.69 Å². The largest absolute Gasteiger partial charge is 0.345 e. The van der Waals surface area contributed by atoms with Crippen LogP contribution in [0.4, 0.5) is 0 Å². The molecule has 3 heteroatoms. The van der Waals surface area contributed by atoms with Crippen molar-refractivity contribution in [3.05, 3.63) is 52.1 Å². The van der Waals surface area contributed by atoms with E-state index < -0.39 is 0 Å². The first-order chi connectivity index (χ1) is 7.18. The number of hydrogen-bond donors (Lipinski definition) is 1. The zero-order valence-electron chi connectivity index (χ0n) is 8.74. The van der Waals surface area contributed by atoms with Crippen LogP contribution in [-0.2, 0) is 0 Å². The Labute approximate surface area is 87.8 Å². The van der Waals surface area contributed by atoms with Crippen molar-refractivity contribution in [2.45, 2.75) is 13.8 Å². The van der Waals surface area contributed by atoms with Crippen molar-refractivity contribution in [2.75, 3.05) is 0 Å². The standard InChI is InChI=1S/C12H12N2O/c1-8-5-3-4-6-10(8)11-9(2)7-13-12(15)14-11/h3-7H,1-2H3,(H,13,14,15). The van der Waals surface area contributed by atoms with Gasteiger partial charge in [0.15, 0.2) is 0 Å². The summed E-state index contributed by atoms with van der Waals surface area (Å²) in [7, 11) is 0. The van der Waals surface area contributed by atoms with Gasteiger partial charge < -0.3 is 4.98 Å². The van der Waals surface area contributed by atoms with Gasteiger partial charge in [-0.05, 0) is 25.0 Å². The third-order valence-corrected chi connectivity index (χ3v) is 2.42. The first-order valence-electron chi connectivity index (χ1n) is 4.80. The second-order valence-corrected chi connectivity index (χ2v) is 3.56. The van der Waals surface area contributed by atoms with E-state index in [0.29, 0.717) is 0 Å². The Bertz CT molecular complexity index is 543. The normalized spacial score (nSPS) is 10.3. The molecule has 0 atom stereocenters. The molecule has 0 saturated carbocycles. The summed E-state index contributed by atoms with van der Waals surface area (Å²) < 4.78 is 0. The Balaban J connectivity index is 2.69. The lowest BCUT2D eigenvalue weighted by Gasteiger charge is -2.07. The van der Waals surface area contributed by atoms with Gasteiger partial charge >= 0.3 is 5.69 Å². The Morgan fingerprint density at radius 3 is 2.60 bits per heavy atom. The lowest BCUT2D eigenvalue weighted by Crippen LogP contribution is -2.11. The number of hydrogen-bond acceptors (Lipinski definition) is 2. The quantitative estimate of drug-likeness (QED) is 0.765. The maximum atomic E-state index is 11.2. The van der Waals surface area contributed by atoms with Crippen LogP contribution in [0.5, 0.6) is 0 Å². The molecular formula is C12H12N2O. The van der Waals surface area contributed by atoms with E-state index in [1.54, 1.807) is 6.20 Å². The summed E-state index contributed by atoms with van der Waals surface area (Å²) in [6, 6.07) is 7.95. The summed E-state index contributed by atoms with van der Waals surface area (Å²) in [5.74, 6) is 0. The van der Waals surface area contributed by atoms with E-state index in [4.69, 9.17) is 0 Å². The van der Waals surface area contributed by atoms with Crippen LogP contribution in [0.25, 0.3) is 11.3 Å². The SMILES string of the molecule is Cc1ccccc1-c1[nH]c(=O)ncc1C. The second kappa shape index (κ2) is 3.69. The topological polar surface area (TPSA) is 45.8 Å². The van der Waals surface area contributed by atoms with Gasteiger partial charge in [0.2, 0.25) is 0 Å². The molecule has 0 aliphatic carbocycles. The molecule has 76 valence electrons. The van der Waals surface area contributed by atoms with E-state index in [9.17, 15) is 4.79 Å². The third kappa shape index (κ3) is 1.81. The molecule has 1 heterocycles. The van der Waals surface area contributed by atoms with Crippen LogP contribution in [-0.4, -0.2) is 9.97 Å². The van der Waals surface area contributed by atoms with E-state index in [1.165, 1.54) is 0 Å². The van der Waals surface area contributed by atoms with E-state index in [1.807, 2.05) is 38.1 Å². The van der Waals surface area contributed by atoms with Gasteiger partial charge in [-0.25, -0.2) is 9.78 Å². The number of benzene rings is 1. The number of aromatic nitrogens is 2. The molecule has 0 aliphatic rings. The average Bonchev–Trinajstić information content (AvgIpc) is 2.23. The fourth-order valence-electron chi connectivity index (χ4n) is 1.59. The second-order valence-electron chi connectivity index (χ2n) is 3.56. The van der Waals surface area contributed by atoms with Gasteiger partial charge in [0, 0.05) is 11.8 Å². The number of aryl methyl sites for hydroxylation is 2. The highest BCUT2D eigenvalue weighted by Crippen LogP contribution is 2.22. The number of rotatable bonds is 1. The van der Waals surface area contributed by atoms with E-state index >= 15 is 0 Å². The van der Waals surface area contributed by atoms with Crippen LogP contribution >= 0.6 is 0 Å². The molecule has 0 amide bonds. The highest BCUT2D eigenvalue weighted by molar-refractivity contribution is 5.65. The summed E-state index contributed by atoms with van der Waals surface area (Å²) in [5, 5.41) is 0. The molecule has 0 aliphatic heterocycles. The minimum atomic E-state index is -0.307. The summed E-state index contributed by atoms with van der Waals surface area (Å²) in [6.45, 7) is 3.96. The molecule has 0 fully saturated rings. The van der Waals surface area contributed by atoms with Crippen molar-refractivity contribution >= 4 is 0 Å². The third-order valence-electron chi connectivity index (χ3n) is 2.42. The number of H-pyrrole nitrogens is 1. The van der Waals surface area contributed by atoms with Crippen LogP contribution < -0.4 is 5.69 Å². The molecule has 1 N–H and O–H groups in total. The fraction of sp³-hybridized carbons (Fsp3) is 0.167. The molecule has 0 unspecified atom stereocenters. The maximum absolute atomic E-state index is 11.2. The summed E-state index contributed by atoms with van der Waals surface area (Å²) in [4.78, 5) is 17.6. The molecule has 2 aromatic rings. The lowest BCUT2D eigenvalue weighted by molar-refractivity contribution is 1.05. The Kier molecular flexibility index (Phi) is 2.37. The zero-order chi connectivity index (χ0) is 10.8. The van der Waals surface area contributed by atoms with Crippen molar-refractivity contribution in [3.8, 4) is 11.3 Å². The Morgan fingerprint density at radius 1 is 1.13 bits per heavy atom. The van der Waals surface area contributed by atoms with E-state index in [0.717, 1.165) is 22.4 Å². The lowest BCUT2D eigenvalue weighted by atomic mass is 10.0. The van der Waals surface area contributed by atoms with Crippen LogP contribution in [0, 0.1) is 13.8 Å². The number of nitrogens with one attached hydrogen (secondary N) is 1. The molecule has 1 aromatic heterocycles. The van der Waals surface area contributed by atoms with Gasteiger partial charge in [0.1, 0.15) is 0 Å². The van der Waals surface area contributed by atoms with Crippen molar-refractivity contribution < 1.29 is 0 Å². The van der Waals surface area contributed by atoms with Crippen molar-refractivity contribution in [2.24, 2.45) is 0 Å². The van der Waals surface area contributed by atoms with E-state index in [2.05, 4.69) is 9.97 Å². The minimum Gasteiger partial charge on any atom is -0.305 e. The van der Waals surface area contributed by atoms with Crippen LogP contribution in [0.2, 0.25) is 0 Å². The molecule has 1 aromatic carbocycles. The summed E-state index contributed by atoms with van der Waals surface area (Å²) in [6.07, 6.45) is 1.60. The number of aromatic amines is 1. The first-order valence-corrected chi connectivity index (χ1v) is 4.80. The van der Waals surface area contributed by atoms with Crippen molar-refractivity contribution in [3.63, 3.8) is 0 Å². The van der Waals surface area contributed by atoms with Gasteiger partial charge in [0.25, 0.3) is 0 Å². The predicted molar refractivity (Wildman–Crippen MR) is 59.8 cm³/mol. The molecule has 2 rings (SSSR count). The minimum absolute atomic E-state index is 0.307. The van der Waals surface area contributed by atoms with Crippen LogP contribution in [0.1, 0.15) is 11.1 Å². The molecular weight excluding hydrogens is 188 g/mol. The molecule has 15 heavy (non-hydrogen) atoms. The molecule has 0 radical (unpaired) electrons. The highest BCUT2D eigenvalue weighted by atomic mass is 16.1. The monoisotopic (exact) mass is 200 g/mol. The predicted octanol–water partition coefficient (Wildman–Crippen LogP) is 2.05. The maximum Gasteiger partial charge on any atom is 0.345 e. The summed E-state index contributed by atoms with van der Waals surface area (Å²) in [5.41, 5.74) is 3.72. The summed E-state index contributed by atoms with van der Waals surface area (Å²) >= 11 is 0. The number of nitrogens with zero attached hydrogens (tertiary/aromatic N) is 1. The average molecular weight is 200 g/mol. The van der Waals surface area contributed by atoms with Crippen LogP contribution in [0.15, 0.2) is 35.3 Å².